The molecule has 0 aliphatic carbocycles. The van der Waals surface area contributed by atoms with Gasteiger partial charge in [-0.15, -0.1) is 0 Å². The van der Waals surface area contributed by atoms with Crippen molar-refractivity contribution in [3.8, 4) is 23.6 Å². The van der Waals surface area contributed by atoms with Gasteiger partial charge in [-0.25, -0.2) is 0 Å². The number of nitriles is 2. The monoisotopic (exact) mass is 343 g/mol. The second kappa shape index (κ2) is 6.04. The summed E-state index contributed by atoms with van der Waals surface area (Å²) in [5, 5.41) is 28.7. The van der Waals surface area contributed by atoms with Crippen LogP contribution >= 0.6 is 15.9 Å². The van der Waals surface area contributed by atoms with Crippen LogP contribution in [-0.2, 0) is 0 Å². The van der Waals surface area contributed by atoms with E-state index in [9.17, 15) is 10.1 Å². The number of rotatable bonds is 3. The molecule has 0 amide bonds. The molecule has 0 radical (unpaired) electrons. The van der Waals surface area contributed by atoms with Crippen LogP contribution in [0.5, 0.6) is 11.5 Å². The van der Waals surface area contributed by atoms with Gasteiger partial charge in [0.05, 0.1) is 28.2 Å². The van der Waals surface area contributed by atoms with Gasteiger partial charge >= 0.3 is 5.69 Å². The molecule has 6 nitrogen and oxygen atoms in total. The molecule has 102 valence electrons. The van der Waals surface area contributed by atoms with Gasteiger partial charge in [-0.3, -0.25) is 10.1 Å². The van der Waals surface area contributed by atoms with E-state index in [1.165, 1.54) is 18.2 Å². The summed E-state index contributed by atoms with van der Waals surface area (Å²) in [5.74, 6) is 0.287. The molecule has 2 rings (SSSR count). The van der Waals surface area contributed by atoms with Crippen LogP contribution in [0.15, 0.2) is 40.9 Å². The van der Waals surface area contributed by atoms with Crippen LogP contribution < -0.4 is 4.74 Å². The summed E-state index contributed by atoms with van der Waals surface area (Å²) in [6, 6.07) is 12.4. The molecular formula is C14H6BrN3O3. The third kappa shape index (κ3) is 3.35. The lowest BCUT2D eigenvalue weighted by molar-refractivity contribution is -0.385. The maximum Gasteiger partial charge on any atom is 0.312 e. The maximum absolute atomic E-state index is 11.0. The number of nitro benzene ring substituents is 1. The zero-order chi connectivity index (χ0) is 15.4. The summed E-state index contributed by atoms with van der Waals surface area (Å²) >= 11 is 3.23. The molecule has 0 saturated carbocycles. The third-order valence-corrected chi connectivity index (χ3v) is 2.97. The van der Waals surface area contributed by atoms with Gasteiger partial charge in [0.2, 0.25) is 5.75 Å². The fourth-order valence-electron chi connectivity index (χ4n) is 1.63. The number of hydrogen-bond acceptors (Lipinski definition) is 5. The quantitative estimate of drug-likeness (QED) is 0.621. The number of benzene rings is 2. The van der Waals surface area contributed by atoms with Crippen LogP contribution in [0.4, 0.5) is 5.69 Å². The molecule has 0 fully saturated rings. The van der Waals surface area contributed by atoms with E-state index in [0.717, 1.165) is 6.07 Å². The minimum absolute atomic E-state index is 0.000916. The van der Waals surface area contributed by atoms with Gasteiger partial charge in [-0.1, -0.05) is 15.9 Å². The summed E-state index contributed by atoms with van der Waals surface area (Å²) < 4.78 is 6.08. The molecule has 0 saturated heterocycles. The maximum atomic E-state index is 11.0. The van der Waals surface area contributed by atoms with Gasteiger partial charge in [-0.2, -0.15) is 10.5 Å². The van der Waals surface area contributed by atoms with E-state index in [1.54, 1.807) is 12.1 Å². The molecule has 2 aromatic rings. The molecule has 0 spiro atoms. The van der Waals surface area contributed by atoms with E-state index >= 15 is 0 Å². The first-order valence-corrected chi connectivity index (χ1v) is 6.40. The predicted molar refractivity (Wildman–Crippen MR) is 76.7 cm³/mol. The summed E-state index contributed by atoms with van der Waals surface area (Å²) in [6.07, 6.45) is 0. The van der Waals surface area contributed by atoms with Gasteiger partial charge in [-0.05, 0) is 30.3 Å². The molecule has 2 aromatic carbocycles. The highest BCUT2D eigenvalue weighted by Crippen LogP contribution is 2.33. The Balaban J connectivity index is 2.45. The molecular weight excluding hydrogens is 338 g/mol. The van der Waals surface area contributed by atoms with Crippen LogP contribution in [0.1, 0.15) is 11.1 Å². The fourth-order valence-corrected chi connectivity index (χ4v) is 2.10. The van der Waals surface area contributed by atoms with Crippen molar-refractivity contribution in [1.29, 1.82) is 10.5 Å². The third-order valence-electron chi connectivity index (χ3n) is 2.51. The Morgan fingerprint density at radius 2 is 1.81 bits per heavy atom. The molecule has 21 heavy (non-hydrogen) atoms. The van der Waals surface area contributed by atoms with E-state index in [2.05, 4.69) is 15.9 Å². The molecule has 0 bridgehead atoms. The number of nitro groups is 1. The molecule has 7 heteroatoms. The van der Waals surface area contributed by atoms with Gasteiger partial charge in [0.25, 0.3) is 0 Å². The largest absolute Gasteiger partial charge is 0.450 e. The molecule has 0 aromatic heterocycles. The van der Waals surface area contributed by atoms with Crippen molar-refractivity contribution in [2.45, 2.75) is 0 Å². The van der Waals surface area contributed by atoms with E-state index in [0.29, 0.717) is 10.0 Å². The number of halogens is 1. The Morgan fingerprint density at radius 3 is 2.43 bits per heavy atom. The Bertz CT molecular complexity index is 806. The molecule has 0 N–H and O–H groups in total. The Morgan fingerprint density at radius 1 is 1.10 bits per heavy atom. The first-order valence-electron chi connectivity index (χ1n) is 5.60. The zero-order valence-corrected chi connectivity index (χ0v) is 12.0. The summed E-state index contributed by atoms with van der Waals surface area (Å²) in [5.41, 5.74) is 0.212. The van der Waals surface area contributed by atoms with Gasteiger partial charge in [0.1, 0.15) is 5.75 Å². The Kier molecular flexibility index (Phi) is 4.17. The Labute approximate surface area is 128 Å². The number of nitrogens with zero attached hydrogens (tertiary/aromatic N) is 3. The van der Waals surface area contributed by atoms with E-state index in [-0.39, 0.29) is 22.7 Å². The fraction of sp³-hybridized carbons (Fsp3) is 0. The lowest BCUT2D eigenvalue weighted by Crippen LogP contribution is -1.94. The SMILES string of the molecule is N#Cc1cc(Br)cc(Oc2ccc(C#N)cc2[N+](=O)[O-])c1. The first-order chi connectivity index (χ1) is 10.0. The van der Waals surface area contributed by atoms with Crippen molar-refractivity contribution in [3.63, 3.8) is 0 Å². The predicted octanol–water partition coefficient (Wildman–Crippen LogP) is 3.89. The van der Waals surface area contributed by atoms with Crippen molar-refractivity contribution in [2.75, 3.05) is 0 Å². The highest BCUT2D eigenvalue weighted by molar-refractivity contribution is 9.10. The van der Waals surface area contributed by atoms with Crippen molar-refractivity contribution in [1.82, 2.24) is 0 Å². The van der Waals surface area contributed by atoms with E-state index in [1.807, 2.05) is 12.1 Å². The highest BCUT2D eigenvalue weighted by atomic mass is 79.9. The Hall–Kier alpha value is -2.90. The lowest BCUT2D eigenvalue weighted by Gasteiger charge is -2.07. The average Bonchev–Trinajstić information content (AvgIpc) is 2.46. The second-order valence-corrected chi connectivity index (χ2v) is 4.86. The van der Waals surface area contributed by atoms with Crippen LogP contribution in [0, 0.1) is 32.8 Å². The van der Waals surface area contributed by atoms with Crippen molar-refractivity contribution in [3.05, 3.63) is 62.1 Å². The van der Waals surface area contributed by atoms with E-state index in [4.69, 9.17) is 15.3 Å². The molecule has 0 heterocycles. The normalized spacial score (nSPS) is 9.48. The summed E-state index contributed by atoms with van der Waals surface area (Å²) in [6.45, 7) is 0. The minimum Gasteiger partial charge on any atom is -0.450 e. The van der Waals surface area contributed by atoms with Gasteiger partial charge < -0.3 is 4.74 Å². The average molecular weight is 344 g/mol. The standard InChI is InChI=1S/C14H6BrN3O3/c15-11-3-10(8-17)4-12(6-11)21-14-2-1-9(7-16)5-13(14)18(19)20/h1-6H. The van der Waals surface area contributed by atoms with Gasteiger partial charge in [0, 0.05) is 10.5 Å². The zero-order valence-electron chi connectivity index (χ0n) is 10.4. The number of ether oxygens (including phenoxy) is 1. The van der Waals surface area contributed by atoms with Crippen molar-refractivity contribution < 1.29 is 9.66 Å². The molecule has 0 aliphatic heterocycles. The lowest BCUT2D eigenvalue weighted by atomic mass is 10.2. The van der Waals surface area contributed by atoms with Crippen molar-refractivity contribution in [2.24, 2.45) is 0 Å². The van der Waals surface area contributed by atoms with Crippen LogP contribution in [0.2, 0.25) is 0 Å². The number of hydrogen-bond donors (Lipinski definition) is 0. The first kappa shape index (κ1) is 14.5. The smallest absolute Gasteiger partial charge is 0.312 e. The van der Waals surface area contributed by atoms with Crippen LogP contribution in [-0.4, -0.2) is 4.92 Å². The van der Waals surface area contributed by atoms with Gasteiger partial charge in [0.15, 0.2) is 0 Å². The molecule has 0 atom stereocenters. The van der Waals surface area contributed by atoms with Crippen LogP contribution in [0.3, 0.4) is 0 Å². The van der Waals surface area contributed by atoms with E-state index < -0.39 is 4.92 Å². The highest BCUT2D eigenvalue weighted by Gasteiger charge is 2.17. The summed E-state index contributed by atoms with van der Waals surface area (Å²) in [7, 11) is 0. The molecule has 0 unspecified atom stereocenters. The topological polar surface area (TPSA) is 99.9 Å². The molecule has 0 aliphatic rings. The summed E-state index contributed by atoms with van der Waals surface area (Å²) in [4.78, 5) is 10.4. The second-order valence-electron chi connectivity index (χ2n) is 3.94. The minimum atomic E-state index is -0.626. The van der Waals surface area contributed by atoms with Crippen LogP contribution in [0.25, 0.3) is 0 Å². The van der Waals surface area contributed by atoms with Crippen molar-refractivity contribution >= 4 is 21.6 Å².